The van der Waals surface area contributed by atoms with Gasteiger partial charge < -0.3 is 15.5 Å². The maximum Gasteiger partial charge on any atom is 0.259 e. The van der Waals surface area contributed by atoms with E-state index < -0.39 is 0 Å². The summed E-state index contributed by atoms with van der Waals surface area (Å²) in [6.07, 6.45) is 1.56. The van der Waals surface area contributed by atoms with Gasteiger partial charge in [-0.25, -0.2) is 4.68 Å². The summed E-state index contributed by atoms with van der Waals surface area (Å²) in [6, 6.07) is 16.6. The second-order valence-corrected chi connectivity index (χ2v) is 7.21. The van der Waals surface area contributed by atoms with Crippen LogP contribution < -0.4 is 10.6 Å². The summed E-state index contributed by atoms with van der Waals surface area (Å²) in [5.41, 5.74) is 3.34. The molecular formula is C24H29N5O2. The molecule has 2 aromatic carbocycles. The Labute approximate surface area is 183 Å². The highest BCUT2D eigenvalue weighted by atomic mass is 16.2. The van der Waals surface area contributed by atoms with E-state index in [0.29, 0.717) is 23.4 Å². The van der Waals surface area contributed by atoms with E-state index in [9.17, 15) is 9.59 Å². The fourth-order valence-corrected chi connectivity index (χ4v) is 3.33. The average molecular weight is 420 g/mol. The van der Waals surface area contributed by atoms with Crippen LogP contribution in [-0.4, -0.2) is 52.7 Å². The van der Waals surface area contributed by atoms with Crippen molar-refractivity contribution in [2.75, 3.05) is 31.5 Å². The van der Waals surface area contributed by atoms with Crippen LogP contribution in [0.4, 0.5) is 5.69 Å². The van der Waals surface area contributed by atoms with E-state index in [1.54, 1.807) is 35.1 Å². The lowest BCUT2D eigenvalue weighted by Crippen LogP contribution is -2.34. The van der Waals surface area contributed by atoms with Crippen molar-refractivity contribution >= 4 is 17.5 Å². The molecule has 3 aromatic rings. The van der Waals surface area contributed by atoms with Gasteiger partial charge in [0.05, 0.1) is 23.1 Å². The average Bonchev–Trinajstić information content (AvgIpc) is 3.19. The van der Waals surface area contributed by atoms with Crippen LogP contribution in [-0.2, 0) is 0 Å². The number of carbonyl (C=O) groups is 2. The number of anilines is 1. The molecule has 162 valence electrons. The van der Waals surface area contributed by atoms with Gasteiger partial charge in [0.15, 0.2) is 0 Å². The number of nitrogens with zero attached hydrogens (tertiary/aromatic N) is 3. The summed E-state index contributed by atoms with van der Waals surface area (Å²) in [7, 11) is 0. The maximum absolute atomic E-state index is 12.7. The van der Waals surface area contributed by atoms with Crippen LogP contribution in [0.25, 0.3) is 5.69 Å². The fraction of sp³-hybridized carbons (Fsp3) is 0.292. The molecule has 0 spiro atoms. The van der Waals surface area contributed by atoms with E-state index in [1.165, 1.54) is 0 Å². The highest BCUT2D eigenvalue weighted by Crippen LogP contribution is 2.16. The van der Waals surface area contributed by atoms with Crippen LogP contribution in [0.15, 0.2) is 60.8 Å². The van der Waals surface area contributed by atoms with E-state index in [2.05, 4.69) is 34.5 Å². The van der Waals surface area contributed by atoms with Gasteiger partial charge >= 0.3 is 0 Å². The minimum Gasteiger partial charge on any atom is -0.351 e. The van der Waals surface area contributed by atoms with Gasteiger partial charge in [-0.1, -0.05) is 32.0 Å². The molecule has 0 radical (unpaired) electrons. The lowest BCUT2D eigenvalue weighted by molar-refractivity contribution is 0.0948. The van der Waals surface area contributed by atoms with Crippen molar-refractivity contribution in [3.8, 4) is 5.69 Å². The molecule has 3 rings (SSSR count). The first kappa shape index (κ1) is 22.2. The molecule has 0 fully saturated rings. The molecule has 1 aromatic heterocycles. The Morgan fingerprint density at radius 1 is 0.968 bits per heavy atom. The van der Waals surface area contributed by atoms with E-state index in [1.807, 2.05) is 37.3 Å². The number of amides is 2. The lowest BCUT2D eigenvalue weighted by Gasteiger charge is -2.18. The van der Waals surface area contributed by atoms with Gasteiger partial charge in [0.1, 0.15) is 0 Å². The first-order valence-corrected chi connectivity index (χ1v) is 10.6. The summed E-state index contributed by atoms with van der Waals surface area (Å²) in [6.45, 7) is 9.42. The third kappa shape index (κ3) is 5.58. The van der Waals surface area contributed by atoms with Gasteiger partial charge in [0, 0.05) is 24.3 Å². The van der Waals surface area contributed by atoms with Gasteiger partial charge in [-0.3, -0.25) is 9.59 Å². The molecular weight excluding hydrogens is 390 g/mol. The second kappa shape index (κ2) is 10.5. The molecule has 0 bridgehead atoms. The Bertz CT molecular complexity index is 1010. The van der Waals surface area contributed by atoms with E-state index >= 15 is 0 Å². The molecule has 0 aliphatic rings. The van der Waals surface area contributed by atoms with Crippen LogP contribution >= 0.6 is 0 Å². The van der Waals surface area contributed by atoms with Crippen molar-refractivity contribution in [2.24, 2.45) is 0 Å². The molecule has 7 nitrogen and oxygen atoms in total. The fourth-order valence-electron chi connectivity index (χ4n) is 3.33. The number of hydrogen-bond acceptors (Lipinski definition) is 4. The standard InChI is InChI=1S/C24H29N5O2/c1-4-28(5-2)16-15-25-23(30)19-11-13-20(14-12-19)27-24(31)22-17-26-29(18(22)3)21-9-7-6-8-10-21/h6-14,17H,4-5,15-16H2,1-3H3,(H,25,30)(H,27,31). The summed E-state index contributed by atoms with van der Waals surface area (Å²) in [5.74, 6) is -0.360. The van der Waals surface area contributed by atoms with Crippen molar-refractivity contribution in [3.05, 3.63) is 77.6 Å². The molecule has 0 saturated carbocycles. The third-order valence-corrected chi connectivity index (χ3v) is 5.27. The molecule has 2 N–H and O–H groups in total. The van der Waals surface area contributed by atoms with Crippen LogP contribution in [0.5, 0.6) is 0 Å². The minimum absolute atomic E-state index is 0.120. The van der Waals surface area contributed by atoms with Gasteiger partial charge in [0.2, 0.25) is 0 Å². The molecule has 7 heteroatoms. The zero-order valence-corrected chi connectivity index (χ0v) is 18.3. The molecule has 0 unspecified atom stereocenters. The minimum atomic E-state index is -0.240. The number of nitrogens with one attached hydrogen (secondary N) is 2. The number of carbonyl (C=O) groups excluding carboxylic acids is 2. The third-order valence-electron chi connectivity index (χ3n) is 5.27. The Hall–Kier alpha value is -3.45. The highest BCUT2D eigenvalue weighted by Gasteiger charge is 2.15. The quantitative estimate of drug-likeness (QED) is 0.556. The predicted octanol–water partition coefficient (Wildman–Crippen LogP) is 3.50. The monoisotopic (exact) mass is 419 g/mol. The smallest absolute Gasteiger partial charge is 0.259 e. The summed E-state index contributed by atoms with van der Waals surface area (Å²) in [4.78, 5) is 27.3. The van der Waals surface area contributed by atoms with Crippen LogP contribution in [0, 0.1) is 6.92 Å². The molecule has 0 saturated heterocycles. The second-order valence-electron chi connectivity index (χ2n) is 7.21. The van der Waals surface area contributed by atoms with Crippen LogP contribution in [0.1, 0.15) is 40.3 Å². The van der Waals surface area contributed by atoms with Gasteiger partial charge in [0.25, 0.3) is 11.8 Å². The van der Waals surface area contributed by atoms with Gasteiger partial charge in [-0.15, -0.1) is 0 Å². The number of benzene rings is 2. The number of hydrogen-bond donors (Lipinski definition) is 2. The maximum atomic E-state index is 12.7. The molecule has 31 heavy (non-hydrogen) atoms. The van der Waals surface area contributed by atoms with E-state index in [0.717, 1.165) is 31.0 Å². The number of aromatic nitrogens is 2. The van der Waals surface area contributed by atoms with Crippen molar-refractivity contribution in [3.63, 3.8) is 0 Å². The normalized spacial score (nSPS) is 10.8. The highest BCUT2D eigenvalue weighted by molar-refractivity contribution is 6.05. The predicted molar refractivity (Wildman–Crippen MR) is 123 cm³/mol. The lowest BCUT2D eigenvalue weighted by atomic mass is 10.2. The number of rotatable bonds is 9. The number of para-hydroxylation sites is 1. The number of likely N-dealkylation sites (N-methyl/N-ethyl adjacent to an activating group) is 1. The first-order chi connectivity index (χ1) is 15.0. The zero-order valence-electron chi connectivity index (χ0n) is 18.3. The Balaban J connectivity index is 1.59. The molecule has 0 aliphatic carbocycles. The summed E-state index contributed by atoms with van der Waals surface area (Å²) >= 11 is 0. The molecule has 0 aliphatic heterocycles. The van der Waals surface area contributed by atoms with Crippen LogP contribution in [0.3, 0.4) is 0 Å². The van der Waals surface area contributed by atoms with Crippen molar-refractivity contribution in [2.45, 2.75) is 20.8 Å². The first-order valence-electron chi connectivity index (χ1n) is 10.6. The Kier molecular flexibility index (Phi) is 7.56. The van der Waals surface area contributed by atoms with Crippen LogP contribution in [0.2, 0.25) is 0 Å². The SMILES string of the molecule is CCN(CC)CCNC(=O)c1ccc(NC(=O)c2cnn(-c3ccccc3)c2C)cc1. The van der Waals surface area contributed by atoms with E-state index in [-0.39, 0.29) is 11.8 Å². The molecule has 0 atom stereocenters. The van der Waals surface area contributed by atoms with Crippen molar-refractivity contribution in [1.29, 1.82) is 0 Å². The van der Waals surface area contributed by atoms with E-state index in [4.69, 9.17) is 0 Å². The zero-order chi connectivity index (χ0) is 22.2. The largest absolute Gasteiger partial charge is 0.351 e. The van der Waals surface area contributed by atoms with Gasteiger partial charge in [-0.05, 0) is 56.4 Å². The summed E-state index contributed by atoms with van der Waals surface area (Å²) < 4.78 is 1.74. The Morgan fingerprint density at radius 2 is 1.65 bits per heavy atom. The van der Waals surface area contributed by atoms with Crippen molar-refractivity contribution < 1.29 is 9.59 Å². The molecule has 1 heterocycles. The van der Waals surface area contributed by atoms with Crippen molar-refractivity contribution in [1.82, 2.24) is 20.0 Å². The molecule has 2 amide bonds. The van der Waals surface area contributed by atoms with Gasteiger partial charge in [-0.2, -0.15) is 5.10 Å². The topological polar surface area (TPSA) is 79.3 Å². The Morgan fingerprint density at radius 3 is 2.29 bits per heavy atom. The summed E-state index contributed by atoms with van der Waals surface area (Å²) in [5, 5.41) is 10.1.